The molecule has 0 saturated carbocycles. The third-order valence-electron chi connectivity index (χ3n) is 5.93. The van der Waals surface area contributed by atoms with Crippen LogP contribution in [0.25, 0.3) is 0 Å². The first kappa shape index (κ1) is 24.2. The molecule has 1 N–H and O–H groups in total. The van der Waals surface area contributed by atoms with Crippen LogP contribution in [0.4, 0.5) is 0 Å². The van der Waals surface area contributed by atoms with E-state index in [-0.39, 0.29) is 11.9 Å². The van der Waals surface area contributed by atoms with E-state index in [0.29, 0.717) is 37.6 Å². The third-order valence-corrected chi connectivity index (χ3v) is 7.84. The number of ether oxygens (including phenoxy) is 1. The standard InChI is InChI=1S/C24H33N3O4S/c1-4-5-20-8-12-23(13-9-20)32(29,30)27-16-14-26(15-17-27)19(2)24(28)25-18-21-6-10-22(31-3)11-7-21/h6-13,19H,4-5,14-18H2,1-3H3,(H,25,28)/t19-/m0/s1. The average molecular weight is 460 g/mol. The van der Waals surface area contributed by atoms with E-state index in [1.54, 1.807) is 19.2 Å². The van der Waals surface area contributed by atoms with Crippen LogP contribution in [0.5, 0.6) is 5.75 Å². The van der Waals surface area contributed by atoms with E-state index in [9.17, 15) is 13.2 Å². The topological polar surface area (TPSA) is 79.0 Å². The van der Waals surface area contributed by atoms with Crippen molar-refractivity contribution in [3.8, 4) is 5.75 Å². The smallest absolute Gasteiger partial charge is 0.243 e. The number of carbonyl (C=O) groups is 1. The largest absolute Gasteiger partial charge is 0.497 e. The molecule has 0 spiro atoms. The second kappa shape index (κ2) is 10.9. The monoisotopic (exact) mass is 459 g/mol. The van der Waals surface area contributed by atoms with E-state index < -0.39 is 10.0 Å². The van der Waals surface area contributed by atoms with Crippen molar-refractivity contribution >= 4 is 15.9 Å². The number of aryl methyl sites for hydroxylation is 1. The molecule has 2 aromatic rings. The Morgan fingerprint density at radius 3 is 2.16 bits per heavy atom. The number of methoxy groups -OCH3 is 1. The van der Waals surface area contributed by atoms with Crippen molar-refractivity contribution in [3.05, 3.63) is 59.7 Å². The molecule has 1 aliphatic rings. The fraction of sp³-hybridized carbons (Fsp3) is 0.458. The number of piperazine rings is 1. The average Bonchev–Trinajstić information content (AvgIpc) is 2.83. The van der Waals surface area contributed by atoms with E-state index in [2.05, 4.69) is 12.2 Å². The van der Waals surface area contributed by atoms with Crippen LogP contribution >= 0.6 is 0 Å². The number of nitrogens with one attached hydrogen (secondary N) is 1. The molecule has 0 aromatic heterocycles. The molecule has 7 nitrogen and oxygen atoms in total. The Morgan fingerprint density at radius 1 is 1.00 bits per heavy atom. The molecule has 2 aromatic carbocycles. The number of rotatable bonds is 9. The fourth-order valence-corrected chi connectivity index (χ4v) is 5.27. The van der Waals surface area contributed by atoms with Gasteiger partial charge in [-0.3, -0.25) is 9.69 Å². The highest BCUT2D eigenvalue weighted by atomic mass is 32.2. The van der Waals surface area contributed by atoms with Crippen LogP contribution in [0.1, 0.15) is 31.4 Å². The summed E-state index contributed by atoms with van der Waals surface area (Å²) < 4.78 is 32.6. The zero-order valence-electron chi connectivity index (χ0n) is 19.1. The van der Waals surface area contributed by atoms with Gasteiger partial charge in [-0.15, -0.1) is 0 Å². The van der Waals surface area contributed by atoms with Crippen molar-refractivity contribution < 1.29 is 17.9 Å². The maximum absolute atomic E-state index is 13.0. The summed E-state index contributed by atoms with van der Waals surface area (Å²) in [6, 6.07) is 14.4. The van der Waals surface area contributed by atoms with Gasteiger partial charge >= 0.3 is 0 Å². The number of hydrogen-bond acceptors (Lipinski definition) is 5. The van der Waals surface area contributed by atoms with Crippen molar-refractivity contribution in [1.82, 2.24) is 14.5 Å². The molecular weight excluding hydrogens is 426 g/mol. The molecule has 1 aliphatic heterocycles. The number of sulfonamides is 1. The Labute approximate surface area is 191 Å². The molecule has 1 heterocycles. The van der Waals surface area contributed by atoms with E-state index in [0.717, 1.165) is 29.7 Å². The van der Waals surface area contributed by atoms with Crippen molar-refractivity contribution in [1.29, 1.82) is 0 Å². The molecular formula is C24H33N3O4S. The van der Waals surface area contributed by atoms with Crippen LogP contribution in [0, 0.1) is 0 Å². The second-order valence-corrected chi connectivity index (χ2v) is 10.0. The minimum Gasteiger partial charge on any atom is -0.497 e. The summed E-state index contributed by atoms with van der Waals surface area (Å²) in [4.78, 5) is 15.0. The Morgan fingerprint density at radius 2 is 1.59 bits per heavy atom. The first-order valence-corrected chi connectivity index (χ1v) is 12.5. The Balaban J connectivity index is 1.51. The molecule has 0 aliphatic carbocycles. The lowest BCUT2D eigenvalue weighted by molar-refractivity contribution is -0.126. The van der Waals surface area contributed by atoms with Crippen LogP contribution in [-0.2, 0) is 27.8 Å². The van der Waals surface area contributed by atoms with Crippen molar-refractivity contribution in [3.63, 3.8) is 0 Å². The van der Waals surface area contributed by atoms with Gasteiger partial charge in [-0.25, -0.2) is 8.42 Å². The zero-order chi connectivity index (χ0) is 23.1. The van der Waals surface area contributed by atoms with E-state index in [4.69, 9.17) is 4.74 Å². The summed E-state index contributed by atoms with van der Waals surface area (Å²) in [7, 11) is -1.90. The van der Waals surface area contributed by atoms with Crippen LogP contribution in [0.15, 0.2) is 53.4 Å². The van der Waals surface area contributed by atoms with Gasteiger partial charge in [0, 0.05) is 32.7 Å². The molecule has 32 heavy (non-hydrogen) atoms. The Kier molecular flexibility index (Phi) is 8.28. The van der Waals surface area contributed by atoms with E-state index in [1.807, 2.05) is 48.2 Å². The molecule has 0 bridgehead atoms. The number of hydrogen-bond donors (Lipinski definition) is 1. The summed E-state index contributed by atoms with van der Waals surface area (Å²) in [5.74, 6) is 0.710. The predicted molar refractivity (Wildman–Crippen MR) is 125 cm³/mol. The number of carbonyl (C=O) groups excluding carboxylic acids is 1. The summed E-state index contributed by atoms with van der Waals surface area (Å²) in [5.41, 5.74) is 2.14. The summed E-state index contributed by atoms with van der Waals surface area (Å²) in [6.07, 6.45) is 1.97. The molecule has 174 valence electrons. The van der Waals surface area contributed by atoms with Gasteiger partial charge in [-0.1, -0.05) is 37.6 Å². The third kappa shape index (κ3) is 5.88. The Hall–Kier alpha value is -2.42. The summed E-state index contributed by atoms with van der Waals surface area (Å²) in [6.45, 7) is 6.18. The molecule has 1 fully saturated rings. The van der Waals surface area contributed by atoms with E-state index >= 15 is 0 Å². The van der Waals surface area contributed by atoms with Gasteiger partial charge in [0.25, 0.3) is 0 Å². The highest BCUT2D eigenvalue weighted by Gasteiger charge is 2.31. The van der Waals surface area contributed by atoms with Crippen LogP contribution in [-0.4, -0.2) is 62.9 Å². The number of benzene rings is 2. The highest BCUT2D eigenvalue weighted by molar-refractivity contribution is 7.89. The van der Waals surface area contributed by atoms with E-state index in [1.165, 1.54) is 4.31 Å². The van der Waals surface area contributed by atoms with Gasteiger partial charge in [0.15, 0.2) is 0 Å². The minimum atomic E-state index is -3.52. The van der Waals surface area contributed by atoms with Crippen molar-refractivity contribution in [2.45, 2.75) is 44.2 Å². The van der Waals surface area contributed by atoms with Gasteiger partial charge in [0.05, 0.1) is 18.0 Å². The van der Waals surface area contributed by atoms with Gasteiger partial charge < -0.3 is 10.1 Å². The molecule has 1 amide bonds. The minimum absolute atomic E-state index is 0.0661. The molecule has 1 saturated heterocycles. The normalized spacial score (nSPS) is 16.5. The van der Waals surface area contributed by atoms with Crippen LogP contribution in [0.2, 0.25) is 0 Å². The zero-order valence-corrected chi connectivity index (χ0v) is 19.9. The highest BCUT2D eigenvalue weighted by Crippen LogP contribution is 2.20. The van der Waals surface area contributed by atoms with Gasteiger partial charge in [-0.2, -0.15) is 4.31 Å². The lowest BCUT2D eigenvalue weighted by Crippen LogP contribution is -2.54. The van der Waals surface area contributed by atoms with Gasteiger partial charge in [0.2, 0.25) is 15.9 Å². The SMILES string of the molecule is CCCc1ccc(S(=O)(=O)N2CCN([C@@H](C)C(=O)NCc3ccc(OC)cc3)CC2)cc1. The maximum atomic E-state index is 13.0. The molecule has 3 rings (SSSR count). The molecule has 0 radical (unpaired) electrons. The maximum Gasteiger partial charge on any atom is 0.243 e. The number of amides is 1. The summed E-state index contributed by atoms with van der Waals surface area (Å²) >= 11 is 0. The molecule has 0 unspecified atom stereocenters. The lowest BCUT2D eigenvalue weighted by Gasteiger charge is -2.36. The first-order chi connectivity index (χ1) is 15.3. The predicted octanol–water partition coefficient (Wildman–Crippen LogP) is 2.66. The summed E-state index contributed by atoms with van der Waals surface area (Å²) in [5, 5.41) is 2.96. The van der Waals surface area contributed by atoms with Crippen molar-refractivity contribution in [2.75, 3.05) is 33.3 Å². The lowest BCUT2D eigenvalue weighted by atomic mass is 10.1. The first-order valence-electron chi connectivity index (χ1n) is 11.1. The quantitative estimate of drug-likeness (QED) is 0.624. The van der Waals surface area contributed by atoms with Gasteiger partial charge in [-0.05, 0) is 48.7 Å². The van der Waals surface area contributed by atoms with Crippen LogP contribution in [0.3, 0.4) is 0 Å². The second-order valence-electron chi connectivity index (χ2n) is 8.08. The van der Waals surface area contributed by atoms with Gasteiger partial charge in [0.1, 0.15) is 5.75 Å². The number of nitrogens with zero attached hydrogens (tertiary/aromatic N) is 2. The Bertz CT molecular complexity index is 983. The molecule has 8 heteroatoms. The van der Waals surface area contributed by atoms with Crippen LogP contribution < -0.4 is 10.1 Å². The fourth-order valence-electron chi connectivity index (χ4n) is 3.84. The van der Waals surface area contributed by atoms with Crippen molar-refractivity contribution in [2.24, 2.45) is 0 Å². The molecule has 1 atom stereocenters.